The Hall–Kier alpha value is -2.25. The van der Waals surface area contributed by atoms with Crippen molar-refractivity contribution in [2.24, 2.45) is 17.6 Å². The number of nitrogens with two attached hydrogens (primary N) is 1. The Balaban J connectivity index is 1.96. The summed E-state index contributed by atoms with van der Waals surface area (Å²) in [5, 5.41) is 0. The number of primary amides is 1. The molecule has 2 atom stereocenters. The molecule has 1 saturated heterocycles. The Kier molecular flexibility index (Phi) is 5.36. The first-order valence-corrected chi connectivity index (χ1v) is 7.51. The van der Waals surface area contributed by atoms with E-state index in [1.165, 1.54) is 18.2 Å². The van der Waals surface area contributed by atoms with Gasteiger partial charge in [-0.05, 0) is 23.6 Å². The first-order chi connectivity index (χ1) is 11.2. The molecule has 24 heavy (non-hydrogen) atoms. The second-order valence-corrected chi connectivity index (χ2v) is 6.01. The predicted octanol–water partition coefficient (Wildman–Crippen LogP) is 1.75. The van der Waals surface area contributed by atoms with Crippen molar-refractivity contribution in [1.29, 1.82) is 0 Å². The molecule has 1 heterocycles. The van der Waals surface area contributed by atoms with Crippen LogP contribution in [0, 0.1) is 11.8 Å². The molecule has 1 fully saturated rings. The van der Waals surface area contributed by atoms with E-state index in [-0.39, 0.29) is 36.5 Å². The highest BCUT2D eigenvalue weighted by Crippen LogP contribution is 2.24. The molecule has 2 amide bonds. The zero-order chi connectivity index (χ0) is 17.9. The van der Waals surface area contributed by atoms with Crippen LogP contribution in [0.15, 0.2) is 24.3 Å². The monoisotopic (exact) mass is 344 g/mol. The van der Waals surface area contributed by atoms with Crippen LogP contribution in [0.3, 0.4) is 0 Å². The molecule has 132 valence electrons. The van der Waals surface area contributed by atoms with E-state index in [0.717, 1.165) is 0 Å². The van der Waals surface area contributed by atoms with E-state index in [1.54, 1.807) is 11.0 Å². The van der Waals surface area contributed by atoms with Crippen molar-refractivity contribution in [3.63, 3.8) is 0 Å². The SMILES string of the molecule is C[C@@H]1CN(C(=O)Cc2cccc(OCC(F)(F)F)c2)C[C@H]1C(N)=O. The van der Waals surface area contributed by atoms with Crippen molar-refractivity contribution < 1.29 is 27.5 Å². The number of likely N-dealkylation sites (tertiary alicyclic amines) is 1. The number of nitrogens with zero attached hydrogens (tertiary/aromatic N) is 1. The number of halogens is 3. The molecule has 1 aromatic carbocycles. The minimum atomic E-state index is -4.42. The highest BCUT2D eigenvalue weighted by atomic mass is 19.4. The van der Waals surface area contributed by atoms with Crippen LogP contribution < -0.4 is 10.5 Å². The maximum absolute atomic E-state index is 12.3. The van der Waals surface area contributed by atoms with Gasteiger partial charge in [-0.15, -0.1) is 0 Å². The van der Waals surface area contributed by atoms with Crippen molar-refractivity contribution in [3.8, 4) is 5.75 Å². The minimum absolute atomic E-state index is 0.00657. The lowest BCUT2D eigenvalue weighted by Crippen LogP contribution is -2.32. The van der Waals surface area contributed by atoms with E-state index in [4.69, 9.17) is 5.73 Å². The molecule has 0 spiro atoms. The Bertz CT molecular complexity index is 619. The first-order valence-electron chi connectivity index (χ1n) is 7.51. The maximum Gasteiger partial charge on any atom is 0.422 e. The fourth-order valence-corrected chi connectivity index (χ4v) is 2.74. The maximum atomic E-state index is 12.3. The highest BCUT2D eigenvalue weighted by Gasteiger charge is 2.35. The van der Waals surface area contributed by atoms with E-state index in [1.807, 2.05) is 6.92 Å². The Morgan fingerprint density at radius 1 is 1.33 bits per heavy atom. The lowest BCUT2D eigenvalue weighted by molar-refractivity contribution is -0.153. The summed E-state index contributed by atoms with van der Waals surface area (Å²) in [5.41, 5.74) is 5.86. The largest absolute Gasteiger partial charge is 0.484 e. The number of rotatable bonds is 5. The summed E-state index contributed by atoms with van der Waals surface area (Å²) in [4.78, 5) is 25.2. The molecule has 1 aliphatic heterocycles. The summed E-state index contributed by atoms with van der Waals surface area (Å²) in [6, 6.07) is 5.99. The summed E-state index contributed by atoms with van der Waals surface area (Å²) in [6.45, 7) is 1.19. The molecule has 0 bridgehead atoms. The molecule has 0 unspecified atom stereocenters. The van der Waals surface area contributed by atoms with Crippen LogP contribution in [-0.4, -0.2) is 42.6 Å². The van der Waals surface area contributed by atoms with Crippen molar-refractivity contribution in [1.82, 2.24) is 4.90 Å². The van der Waals surface area contributed by atoms with E-state index in [2.05, 4.69) is 4.74 Å². The Labute approximate surface area is 137 Å². The van der Waals surface area contributed by atoms with Crippen LogP contribution in [0.1, 0.15) is 12.5 Å². The summed E-state index contributed by atoms with van der Waals surface area (Å²) in [7, 11) is 0. The van der Waals surface area contributed by atoms with E-state index in [9.17, 15) is 22.8 Å². The number of hydrogen-bond acceptors (Lipinski definition) is 3. The zero-order valence-electron chi connectivity index (χ0n) is 13.2. The topological polar surface area (TPSA) is 72.6 Å². The van der Waals surface area contributed by atoms with Gasteiger partial charge in [0, 0.05) is 13.1 Å². The van der Waals surface area contributed by atoms with Crippen LogP contribution >= 0.6 is 0 Å². The van der Waals surface area contributed by atoms with Gasteiger partial charge in [0.1, 0.15) is 5.75 Å². The van der Waals surface area contributed by atoms with Gasteiger partial charge in [-0.3, -0.25) is 9.59 Å². The molecule has 2 rings (SSSR count). The average molecular weight is 344 g/mol. The normalized spacial score (nSPS) is 20.9. The van der Waals surface area contributed by atoms with Crippen LogP contribution in [-0.2, 0) is 16.0 Å². The molecule has 0 radical (unpaired) electrons. The number of carbonyl (C=O) groups is 2. The Morgan fingerprint density at radius 3 is 2.62 bits per heavy atom. The third kappa shape index (κ3) is 4.87. The van der Waals surface area contributed by atoms with E-state index < -0.39 is 18.7 Å². The van der Waals surface area contributed by atoms with Crippen molar-refractivity contribution in [2.75, 3.05) is 19.7 Å². The van der Waals surface area contributed by atoms with Gasteiger partial charge in [-0.2, -0.15) is 13.2 Å². The second-order valence-electron chi connectivity index (χ2n) is 6.01. The Morgan fingerprint density at radius 2 is 2.04 bits per heavy atom. The van der Waals surface area contributed by atoms with E-state index in [0.29, 0.717) is 12.1 Å². The fourth-order valence-electron chi connectivity index (χ4n) is 2.74. The van der Waals surface area contributed by atoms with Crippen LogP contribution in [0.4, 0.5) is 13.2 Å². The molecule has 2 N–H and O–H groups in total. The lowest BCUT2D eigenvalue weighted by Gasteiger charge is -2.16. The number of ether oxygens (including phenoxy) is 1. The zero-order valence-corrected chi connectivity index (χ0v) is 13.2. The van der Waals surface area contributed by atoms with Gasteiger partial charge in [0.25, 0.3) is 0 Å². The van der Waals surface area contributed by atoms with Crippen molar-refractivity contribution in [2.45, 2.75) is 19.5 Å². The fraction of sp³-hybridized carbons (Fsp3) is 0.500. The van der Waals surface area contributed by atoms with Gasteiger partial charge in [0.15, 0.2) is 6.61 Å². The van der Waals surface area contributed by atoms with E-state index >= 15 is 0 Å². The van der Waals surface area contributed by atoms with Crippen LogP contribution in [0.2, 0.25) is 0 Å². The summed E-state index contributed by atoms with van der Waals surface area (Å²) in [5.74, 6) is -0.940. The van der Waals surface area contributed by atoms with Gasteiger partial charge in [-0.25, -0.2) is 0 Å². The predicted molar refractivity (Wildman–Crippen MR) is 80.1 cm³/mol. The molecule has 5 nitrogen and oxygen atoms in total. The smallest absolute Gasteiger partial charge is 0.422 e. The lowest BCUT2D eigenvalue weighted by atomic mass is 9.98. The number of benzene rings is 1. The average Bonchev–Trinajstić information content (AvgIpc) is 2.87. The number of alkyl halides is 3. The van der Waals surface area contributed by atoms with Crippen LogP contribution in [0.25, 0.3) is 0 Å². The highest BCUT2D eigenvalue weighted by molar-refractivity contribution is 5.82. The molecule has 1 aromatic rings. The van der Waals surface area contributed by atoms with Gasteiger partial charge in [0.05, 0.1) is 12.3 Å². The molecular weight excluding hydrogens is 325 g/mol. The summed E-state index contributed by atoms with van der Waals surface area (Å²) < 4.78 is 41.2. The van der Waals surface area contributed by atoms with Crippen molar-refractivity contribution in [3.05, 3.63) is 29.8 Å². The second kappa shape index (κ2) is 7.11. The molecule has 8 heteroatoms. The van der Waals surface area contributed by atoms with Gasteiger partial charge in [-0.1, -0.05) is 19.1 Å². The van der Waals surface area contributed by atoms with Gasteiger partial charge >= 0.3 is 6.18 Å². The number of amides is 2. The molecule has 0 aromatic heterocycles. The number of hydrogen-bond donors (Lipinski definition) is 1. The summed E-state index contributed by atoms with van der Waals surface area (Å²) >= 11 is 0. The standard InChI is InChI=1S/C16H19F3N2O3/c1-10-7-21(8-13(10)15(20)23)14(22)6-11-3-2-4-12(5-11)24-9-16(17,18)19/h2-5,10,13H,6-9H2,1H3,(H2,20,23)/t10-,13-/m1/s1. The van der Waals surface area contributed by atoms with Gasteiger partial charge in [0.2, 0.25) is 11.8 Å². The minimum Gasteiger partial charge on any atom is -0.484 e. The third-order valence-electron chi connectivity index (χ3n) is 3.99. The number of carbonyl (C=O) groups excluding carboxylic acids is 2. The first kappa shape index (κ1) is 18.1. The van der Waals surface area contributed by atoms with Gasteiger partial charge < -0.3 is 15.4 Å². The van der Waals surface area contributed by atoms with Crippen LogP contribution in [0.5, 0.6) is 5.75 Å². The molecule has 0 saturated carbocycles. The molecular formula is C16H19F3N2O3. The van der Waals surface area contributed by atoms with Crippen molar-refractivity contribution >= 4 is 11.8 Å². The molecule has 1 aliphatic rings. The summed E-state index contributed by atoms with van der Waals surface area (Å²) in [6.07, 6.45) is -4.39. The molecule has 0 aliphatic carbocycles. The quantitative estimate of drug-likeness (QED) is 0.884. The third-order valence-corrected chi connectivity index (χ3v) is 3.99.